The van der Waals surface area contributed by atoms with E-state index in [1.54, 1.807) is 12.3 Å². The standard InChI is InChI=1S/C15H26N4O2/c1-10(2)8-11(9-19(3)4)18-14-13(16)12(6-7-17-14)15(20)21-5/h6-7,10-11H,8-9,16H2,1-5H3,(H,17,18). The van der Waals surface area contributed by atoms with E-state index in [1.807, 2.05) is 14.1 Å². The van der Waals surface area contributed by atoms with Crippen molar-refractivity contribution in [2.24, 2.45) is 5.92 Å². The minimum Gasteiger partial charge on any atom is -0.465 e. The van der Waals surface area contributed by atoms with Gasteiger partial charge in [0.25, 0.3) is 0 Å². The predicted octanol–water partition coefficient (Wildman–Crippen LogP) is 1.84. The summed E-state index contributed by atoms with van der Waals surface area (Å²) in [5.41, 5.74) is 6.70. The first-order valence-corrected chi connectivity index (χ1v) is 7.09. The summed E-state index contributed by atoms with van der Waals surface area (Å²) in [5, 5.41) is 3.34. The van der Waals surface area contributed by atoms with Crippen LogP contribution in [0.15, 0.2) is 12.3 Å². The van der Waals surface area contributed by atoms with Crippen molar-refractivity contribution in [3.8, 4) is 0 Å². The number of nitrogens with zero attached hydrogens (tertiary/aromatic N) is 2. The van der Waals surface area contributed by atoms with Crippen molar-refractivity contribution in [2.75, 3.05) is 38.8 Å². The van der Waals surface area contributed by atoms with Gasteiger partial charge in [0.2, 0.25) is 0 Å². The van der Waals surface area contributed by atoms with E-state index < -0.39 is 5.97 Å². The van der Waals surface area contributed by atoms with Crippen LogP contribution in [0, 0.1) is 5.92 Å². The first kappa shape index (κ1) is 17.2. The van der Waals surface area contributed by atoms with Crippen LogP contribution in [0.2, 0.25) is 0 Å². The number of nitrogen functional groups attached to an aromatic ring is 1. The van der Waals surface area contributed by atoms with E-state index in [0.717, 1.165) is 13.0 Å². The van der Waals surface area contributed by atoms with Crippen LogP contribution in [-0.4, -0.2) is 49.6 Å². The Morgan fingerprint density at radius 2 is 2.14 bits per heavy atom. The van der Waals surface area contributed by atoms with Crippen molar-refractivity contribution in [3.05, 3.63) is 17.8 Å². The summed E-state index contributed by atoms with van der Waals surface area (Å²) in [6.45, 7) is 5.21. The van der Waals surface area contributed by atoms with Gasteiger partial charge in [-0.05, 0) is 32.5 Å². The second-order valence-electron chi connectivity index (χ2n) is 5.85. The number of nitrogens with one attached hydrogen (secondary N) is 1. The fourth-order valence-electron chi connectivity index (χ4n) is 2.26. The second-order valence-corrected chi connectivity index (χ2v) is 5.85. The average Bonchev–Trinajstić information content (AvgIpc) is 2.38. The van der Waals surface area contributed by atoms with Crippen LogP contribution in [0.4, 0.5) is 11.5 Å². The lowest BCUT2D eigenvalue weighted by molar-refractivity contribution is 0.0602. The van der Waals surface area contributed by atoms with Gasteiger partial charge in [0.1, 0.15) is 5.82 Å². The number of likely N-dealkylation sites (N-methyl/N-ethyl adjacent to an activating group) is 1. The molecule has 0 fully saturated rings. The van der Waals surface area contributed by atoms with E-state index in [2.05, 4.69) is 29.0 Å². The molecule has 0 aliphatic carbocycles. The number of carbonyl (C=O) groups excluding carboxylic acids is 1. The number of aromatic nitrogens is 1. The van der Waals surface area contributed by atoms with Crippen LogP contribution >= 0.6 is 0 Å². The van der Waals surface area contributed by atoms with E-state index in [0.29, 0.717) is 23.0 Å². The molecular weight excluding hydrogens is 268 g/mol. The summed E-state index contributed by atoms with van der Waals surface area (Å²) in [7, 11) is 5.39. The molecule has 6 nitrogen and oxygen atoms in total. The highest BCUT2D eigenvalue weighted by atomic mass is 16.5. The van der Waals surface area contributed by atoms with E-state index in [-0.39, 0.29) is 6.04 Å². The monoisotopic (exact) mass is 294 g/mol. The van der Waals surface area contributed by atoms with Gasteiger partial charge >= 0.3 is 5.97 Å². The van der Waals surface area contributed by atoms with Gasteiger partial charge in [0.15, 0.2) is 0 Å². The molecule has 0 amide bonds. The summed E-state index contributed by atoms with van der Waals surface area (Å²) in [6.07, 6.45) is 2.55. The number of ether oxygens (including phenoxy) is 1. The third kappa shape index (κ3) is 5.23. The Morgan fingerprint density at radius 1 is 1.48 bits per heavy atom. The van der Waals surface area contributed by atoms with Gasteiger partial charge in [-0.3, -0.25) is 0 Å². The molecule has 1 unspecified atom stereocenters. The zero-order valence-electron chi connectivity index (χ0n) is 13.5. The lowest BCUT2D eigenvalue weighted by atomic mass is 10.0. The lowest BCUT2D eigenvalue weighted by Gasteiger charge is -2.25. The smallest absolute Gasteiger partial charge is 0.340 e. The maximum absolute atomic E-state index is 11.7. The van der Waals surface area contributed by atoms with Crippen molar-refractivity contribution >= 4 is 17.5 Å². The van der Waals surface area contributed by atoms with Gasteiger partial charge in [0.05, 0.1) is 18.4 Å². The number of anilines is 2. The molecule has 0 saturated carbocycles. The maximum Gasteiger partial charge on any atom is 0.340 e. The molecule has 3 N–H and O–H groups in total. The number of hydrogen-bond donors (Lipinski definition) is 2. The largest absolute Gasteiger partial charge is 0.465 e. The van der Waals surface area contributed by atoms with Gasteiger partial charge in [-0.2, -0.15) is 0 Å². The summed E-state index contributed by atoms with van der Waals surface area (Å²) < 4.78 is 4.72. The molecule has 0 aliphatic rings. The molecule has 0 aromatic carbocycles. The van der Waals surface area contributed by atoms with Gasteiger partial charge in [-0.1, -0.05) is 13.8 Å². The van der Waals surface area contributed by atoms with E-state index in [4.69, 9.17) is 10.5 Å². The van der Waals surface area contributed by atoms with Gasteiger partial charge < -0.3 is 20.7 Å². The molecule has 0 aliphatic heterocycles. The Balaban J connectivity index is 2.95. The molecule has 1 rings (SSSR count). The topological polar surface area (TPSA) is 80.5 Å². The minimum absolute atomic E-state index is 0.211. The molecule has 0 saturated heterocycles. The molecule has 0 radical (unpaired) electrons. The van der Waals surface area contributed by atoms with Crippen molar-refractivity contribution in [3.63, 3.8) is 0 Å². The molecule has 0 bridgehead atoms. The highest BCUT2D eigenvalue weighted by molar-refractivity contribution is 5.97. The highest BCUT2D eigenvalue weighted by Gasteiger charge is 2.18. The van der Waals surface area contributed by atoms with Crippen LogP contribution in [0.1, 0.15) is 30.6 Å². The summed E-state index contributed by atoms with van der Waals surface area (Å²) in [5.74, 6) is 0.629. The summed E-state index contributed by atoms with van der Waals surface area (Å²) in [6, 6.07) is 1.78. The molecule has 6 heteroatoms. The van der Waals surface area contributed by atoms with Crippen molar-refractivity contribution < 1.29 is 9.53 Å². The van der Waals surface area contributed by atoms with E-state index in [1.165, 1.54) is 7.11 Å². The third-order valence-corrected chi connectivity index (χ3v) is 3.08. The number of esters is 1. The SMILES string of the molecule is COC(=O)c1ccnc(NC(CC(C)C)CN(C)C)c1N. The fourth-order valence-corrected chi connectivity index (χ4v) is 2.26. The first-order valence-electron chi connectivity index (χ1n) is 7.09. The van der Waals surface area contributed by atoms with Crippen molar-refractivity contribution in [2.45, 2.75) is 26.3 Å². The zero-order valence-corrected chi connectivity index (χ0v) is 13.5. The van der Waals surface area contributed by atoms with Gasteiger partial charge in [-0.15, -0.1) is 0 Å². The Hall–Kier alpha value is -1.82. The molecule has 21 heavy (non-hydrogen) atoms. The number of methoxy groups -OCH3 is 1. The van der Waals surface area contributed by atoms with Crippen LogP contribution in [-0.2, 0) is 4.74 Å². The average molecular weight is 294 g/mol. The molecule has 1 aromatic heterocycles. The summed E-state index contributed by atoms with van der Waals surface area (Å²) >= 11 is 0. The van der Waals surface area contributed by atoms with Crippen molar-refractivity contribution in [1.29, 1.82) is 0 Å². The Labute approximate surface area is 126 Å². The fraction of sp³-hybridized carbons (Fsp3) is 0.600. The number of nitrogens with two attached hydrogens (primary N) is 1. The second kappa shape index (κ2) is 7.83. The number of carbonyl (C=O) groups is 1. The maximum atomic E-state index is 11.7. The minimum atomic E-state index is -0.453. The van der Waals surface area contributed by atoms with E-state index in [9.17, 15) is 4.79 Å². The number of rotatable bonds is 7. The zero-order chi connectivity index (χ0) is 16.0. The lowest BCUT2D eigenvalue weighted by Crippen LogP contribution is -2.34. The van der Waals surface area contributed by atoms with Crippen LogP contribution in [0.3, 0.4) is 0 Å². The predicted molar refractivity (Wildman–Crippen MR) is 85.4 cm³/mol. The normalized spacial score (nSPS) is 12.5. The van der Waals surface area contributed by atoms with Gasteiger partial charge in [0, 0.05) is 18.8 Å². The van der Waals surface area contributed by atoms with Gasteiger partial charge in [-0.25, -0.2) is 9.78 Å². The van der Waals surface area contributed by atoms with Crippen LogP contribution in [0.25, 0.3) is 0 Å². The molecule has 1 atom stereocenters. The number of pyridine rings is 1. The molecular formula is C15H26N4O2. The quantitative estimate of drug-likeness (QED) is 0.747. The molecule has 1 heterocycles. The molecule has 1 aromatic rings. The van der Waals surface area contributed by atoms with Crippen LogP contribution in [0.5, 0.6) is 0 Å². The molecule has 0 spiro atoms. The molecule has 118 valence electrons. The van der Waals surface area contributed by atoms with Crippen LogP contribution < -0.4 is 11.1 Å². The first-order chi connectivity index (χ1) is 9.85. The third-order valence-electron chi connectivity index (χ3n) is 3.08. The Kier molecular flexibility index (Phi) is 6.42. The highest BCUT2D eigenvalue weighted by Crippen LogP contribution is 2.22. The summed E-state index contributed by atoms with van der Waals surface area (Å²) in [4.78, 5) is 18.0. The number of hydrogen-bond acceptors (Lipinski definition) is 6. The van der Waals surface area contributed by atoms with E-state index >= 15 is 0 Å². The van der Waals surface area contributed by atoms with Crippen molar-refractivity contribution in [1.82, 2.24) is 9.88 Å². The Morgan fingerprint density at radius 3 is 2.67 bits per heavy atom. The Bertz CT molecular complexity index is 465.